The van der Waals surface area contributed by atoms with Gasteiger partial charge in [-0.15, -0.1) is 0 Å². The third-order valence-corrected chi connectivity index (χ3v) is 2.74. The molecule has 2 N–H and O–H groups in total. The fraction of sp³-hybridized carbons (Fsp3) is 0.250. The monoisotopic (exact) mass is 201 g/mol. The Morgan fingerprint density at radius 2 is 2.07 bits per heavy atom. The average Bonchev–Trinajstić information content (AvgIpc) is 2.60. The van der Waals surface area contributed by atoms with Crippen molar-refractivity contribution in [3.63, 3.8) is 0 Å². The maximum absolute atomic E-state index is 5.86. The maximum atomic E-state index is 5.86. The molecule has 0 fully saturated rings. The van der Waals surface area contributed by atoms with Crippen LogP contribution in [0, 0.1) is 13.8 Å². The molecule has 0 aliphatic heterocycles. The molecule has 3 nitrogen and oxygen atoms in total. The second-order valence-corrected chi connectivity index (χ2v) is 3.76. The minimum Gasteiger partial charge on any atom is -0.399 e. The molecule has 1 heterocycles. The van der Waals surface area contributed by atoms with Gasteiger partial charge < -0.3 is 5.73 Å². The van der Waals surface area contributed by atoms with Crippen molar-refractivity contribution in [1.82, 2.24) is 9.78 Å². The molecular formula is C12H15N3. The lowest BCUT2D eigenvalue weighted by atomic mass is 10.1. The molecule has 0 bridgehead atoms. The SMILES string of the molecule is Cc1c(N)cccc1Cn1nccc1C. The van der Waals surface area contributed by atoms with Gasteiger partial charge in [0.25, 0.3) is 0 Å². The van der Waals surface area contributed by atoms with Gasteiger partial charge in [0.05, 0.1) is 6.54 Å². The minimum atomic E-state index is 0.787. The summed E-state index contributed by atoms with van der Waals surface area (Å²) >= 11 is 0. The summed E-state index contributed by atoms with van der Waals surface area (Å²) in [6.07, 6.45) is 1.82. The van der Waals surface area contributed by atoms with Crippen LogP contribution < -0.4 is 5.73 Å². The first-order chi connectivity index (χ1) is 7.18. The molecule has 3 heteroatoms. The van der Waals surface area contributed by atoms with Crippen LogP contribution in [0.5, 0.6) is 0 Å². The summed E-state index contributed by atoms with van der Waals surface area (Å²) in [4.78, 5) is 0. The van der Waals surface area contributed by atoms with Gasteiger partial charge in [-0.25, -0.2) is 0 Å². The van der Waals surface area contributed by atoms with Crippen LogP contribution in [0.3, 0.4) is 0 Å². The molecule has 78 valence electrons. The maximum Gasteiger partial charge on any atom is 0.0665 e. The normalized spacial score (nSPS) is 10.5. The Morgan fingerprint density at radius 3 is 2.73 bits per heavy atom. The third kappa shape index (κ3) is 1.86. The molecule has 0 aliphatic rings. The smallest absolute Gasteiger partial charge is 0.0665 e. The number of nitrogen functional groups attached to an aromatic ring is 1. The van der Waals surface area contributed by atoms with E-state index >= 15 is 0 Å². The van der Waals surface area contributed by atoms with E-state index in [1.54, 1.807) is 0 Å². The highest BCUT2D eigenvalue weighted by Crippen LogP contribution is 2.16. The number of rotatable bonds is 2. The first kappa shape index (κ1) is 9.77. The van der Waals surface area contributed by atoms with Crippen LogP contribution in [0.1, 0.15) is 16.8 Å². The van der Waals surface area contributed by atoms with Gasteiger partial charge in [-0.2, -0.15) is 5.10 Å². The predicted molar refractivity (Wildman–Crippen MR) is 61.7 cm³/mol. The number of anilines is 1. The van der Waals surface area contributed by atoms with E-state index < -0.39 is 0 Å². The van der Waals surface area contributed by atoms with Gasteiger partial charge in [-0.3, -0.25) is 4.68 Å². The summed E-state index contributed by atoms with van der Waals surface area (Å²) in [6.45, 7) is 4.88. The van der Waals surface area contributed by atoms with Crippen LogP contribution in [0.15, 0.2) is 30.5 Å². The van der Waals surface area contributed by atoms with Gasteiger partial charge in [0, 0.05) is 17.6 Å². The summed E-state index contributed by atoms with van der Waals surface area (Å²) in [7, 11) is 0. The van der Waals surface area contributed by atoms with Crippen LogP contribution in [0.4, 0.5) is 5.69 Å². The van der Waals surface area contributed by atoms with Gasteiger partial charge in [-0.05, 0) is 37.1 Å². The molecule has 0 unspecified atom stereocenters. The average molecular weight is 201 g/mol. The molecule has 1 aromatic carbocycles. The van der Waals surface area contributed by atoms with Crippen molar-refractivity contribution >= 4 is 5.69 Å². The molecule has 0 radical (unpaired) electrons. The van der Waals surface area contributed by atoms with Crippen molar-refractivity contribution < 1.29 is 0 Å². The van der Waals surface area contributed by atoms with Crippen molar-refractivity contribution in [1.29, 1.82) is 0 Å². The lowest BCUT2D eigenvalue weighted by Gasteiger charge is -2.09. The first-order valence-corrected chi connectivity index (χ1v) is 5.01. The Hall–Kier alpha value is -1.77. The van der Waals surface area contributed by atoms with Crippen molar-refractivity contribution in [2.75, 3.05) is 5.73 Å². The Balaban J connectivity index is 2.33. The number of nitrogens with two attached hydrogens (primary N) is 1. The molecule has 2 aromatic rings. The summed E-state index contributed by atoms with van der Waals surface area (Å²) in [5, 5.41) is 4.26. The van der Waals surface area contributed by atoms with E-state index in [-0.39, 0.29) is 0 Å². The number of nitrogens with zero attached hydrogens (tertiary/aromatic N) is 2. The molecule has 15 heavy (non-hydrogen) atoms. The zero-order valence-corrected chi connectivity index (χ0v) is 9.07. The first-order valence-electron chi connectivity index (χ1n) is 5.01. The van der Waals surface area contributed by atoms with Crippen molar-refractivity contribution in [2.45, 2.75) is 20.4 Å². The van der Waals surface area contributed by atoms with Crippen LogP contribution in [-0.2, 0) is 6.54 Å². The van der Waals surface area contributed by atoms with Crippen LogP contribution in [-0.4, -0.2) is 9.78 Å². The Morgan fingerprint density at radius 1 is 1.27 bits per heavy atom. The summed E-state index contributed by atoms with van der Waals surface area (Å²) in [5.74, 6) is 0. The zero-order valence-electron chi connectivity index (χ0n) is 9.07. The summed E-state index contributed by atoms with van der Waals surface area (Å²) < 4.78 is 1.97. The molecule has 0 spiro atoms. The molecule has 0 atom stereocenters. The standard InChI is InChI=1S/C12H15N3/c1-9-6-7-14-15(9)8-11-4-3-5-12(13)10(11)2/h3-7H,8,13H2,1-2H3. The Bertz CT molecular complexity index is 471. The molecule has 2 rings (SSSR count). The Labute approximate surface area is 89.5 Å². The number of hydrogen-bond acceptors (Lipinski definition) is 2. The largest absolute Gasteiger partial charge is 0.399 e. The molecule has 0 saturated heterocycles. The number of aryl methyl sites for hydroxylation is 1. The van der Waals surface area contributed by atoms with Crippen molar-refractivity contribution in [3.05, 3.63) is 47.3 Å². The second-order valence-electron chi connectivity index (χ2n) is 3.76. The lowest BCUT2D eigenvalue weighted by molar-refractivity contribution is 0.663. The fourth-order valence-electron chi connectivity index (χ4n) is 1.60. The highest BCUT2D eigenvalue weighted by molar-refractivity contribution is 5.49. The van der Waals surface area contributed by atoms with E-state index in [1.807, 2.05) is 36.0 Å². The van der Waals surface area contributed by atoms with Gasteiger partial charge in [0.15, 0.2) is 0 Å². The van der Waals surface area contributed by atoms with Gasteiger partial charge in [0.2, 0.25) is 0 Å². The number of hydrogen-bond donors (Lipinski definition) is 1. The minimum absolute atomic E-state index is 0.787. The van der Waals surface area contributed by atoms with Crippen LogP contribution in [0.25, 0.3) is 0 Å². The van der Waals surface area contributed by atoms with E-state index in [4.69, 9.17) is 5.73 Å². The topological polar surface area (TPSA) is 43.8 Å². The van der Waals surface area contributed by atoms with Crippen molar-refractivity contribution in [2.24, 2.45) is 0 Å². The van der Waals surface area contributed by atoms with Crippen LogP contribution >= 0.6 is 0 Å². The van der Waals surface area contributed by atoms with Gasteiger partial charge >= 0.3 is 0 Å². The molecule has 0 saturated carbocycles. The van der Waals surface area contributed by atoms with Gasteiger partial charge in [0.1, 0.15) is 0 Å². The molecular weight excluding hydrogens is 186 g/mol. The Kier molecular flexibility index (Phi) is 2.46. The van der Waals surface area contributed by atoms with E-state index in [1.165, 1.54) is 5.56 Å². The molecule has 0 aliphatic carbocycles. The van der Waals surface area contributed by atoms with E-state index in [2.05, 4.69) is 18.1 Å². The number of benzene rings is 1. The number of aromatic nitrogens is 2. The quantitative estimate of drug-likeness (QED) is 0.756. The third-order valence-electron chi connectivity index (χ3n) is 2.74. The summed E-state index contributed by atoms with van der Waals surface area (Å²) in [5.41, 5.74) is 10.2. The zero-order chi connectivity index (χ0) is 10.8. The van der Waals surface area contributed by atoms with Crippen molar-refractivity contribution in [3.8, 4) is 0 Å². The second kappa shape index (κ2) is 3.77. The van der Waals surface area contributed by atoms with Gasteiger partial charge in [-0.1, -0.05) is 12.1 Å². The van der Waals surface area contributed by atoms with E-state index in [0.29, 0.717) is 0 Å². The molecule has 1 aromatic heterocycles. The highest BCUT2D eigenvalue weighted by Gasteiger charge is 2.03. The lowest BCUT2D eigenvalue weighted by Crippen LogP contribution is -2.06. The fourth-order valence-corrected chi connectivity index (χ4v) is 1.60. The summed E-state index contributed by atoms with van der Waals surface area (Å²) in [6, 6.07) is 8.00. The molecule has 0 amide bonds. The van der Waals surface area contributed by atoms with Crippen LogP contribution in [0.2, 0.25) is 0 Å². The van der Waals surface area contributed by atoms with E-state index in [9.17, 15) is 0 Å². The predicted octanol–water partition coefficient (Wildman–Crippen LogP) is 2.13. The van der Waals surface area contributed by atoms with E-state index in [0.717, 1.165) is 23.5 Å². The highest BCUT2D eigenvalue weighted by atomic mass is 15.3.